The zero-order chi connectivity index (χ0) is 12.6. The number of rotatable bonds is 1. The van der Waals surface area contributed by atoms with Gasteiger partial charge >= 0.3 is 0 Å². The van der Waals surface area contributed by atoms with Crippen LogP contribution in [0.1, 0.15) is 31.9 Å². The molecule has 2 rings (SSSR count). The number of anilines is 1. The van der Waals surface area contributed by atoms with E-state index in [1.807, 2.05) is 6.07 Å². The summed E-state index contributed by atoms with van der Waals surface area (Å²) in [5.41, 5.74) is 9.18. The molecule has 0 saturated heterocycles. The Kier molecular flexibility index (Phi) is 2.96. The number of carbonyl (C=O) groups excluding carboxylic acids is 1. The third-order valence-electron chi connectivity index (χ3n) is 3.35. The first-order chi connectivity index (χ1) is 7.91. The Labute approximate surface area is 102 Å². The molecule has 1 aliphatic heterocycles. The second kappa shape index (κ2) is 4.15. The highest BCUT2D eigenvalue weighted by Gasteiger charge is 2.26. The van der Waals surface area contributed by atoms with Crippen molar-refractivity contribution in [2.45, 2.75) is 32.6 Å². The van der Waals surface area contributed by atoms with E-state index in [9.17, 15) is 4.79 Å². The molecule has 0 bridgehead atoms. The summed E-state index contributed by atoms with van der Waals surface area (Å²) in [7, 11) is 0. The molecule has 1 amide bonds. The van der Waals surface area contributed by atoms with Crippen LogP contribution in [0.4, 0.5) is 5.69 Å². The highest BCUT2D eigenvalue weighted by Crippen LogP contribution is 2.30. The quantitative estimate of drug-likeness (QED) is 0.778. The Bertz CT molecular complexity index is 446. The molecule has 0 radical (unpaired) electrons. The summed E-state index contributed by atoms with van der Waals surface area (Å²) in [5.74, 6) is -0.0405. The number of nitrogens with one attached hydrogen (secondary N) is 1. The van der Waals surface area contributed by atoms with Crippen LogP contribution in [0.15, 0.2) is 18.2 Å². The summed E-state index contributed by atoms with van der Waals surface area (Å²) in [6.45, 7) is 6.98. The van der Waals surface area contributed by atoms with E-state index >= 15 is 0 Å². The van der Waals surface area contributed by atoms with Gasteiger partial charge in [0.15, 0.2) is 0 Å². The summed E-state index contributed by atoms with van der Waals surface area (Å²) in [6, 6.07) is 6.28. The summed E-state index contributed by atoms with van der Waals surface area (Å²) in [6.07, 6.45) is 0.752. The van der Waals surface area contributed by atoms with Gasteiger partial charge < -0.3 is 11.1 Å². The summed E-state index contributed by atoms with van der Waals surface area (Å²) >= 11 is 0. The van der Waals surface area contributed by atoms with Gasteiger partial charge in [-0.25, -0.2) is 0 Å². The molecule has 1 heterocycles. The minimum atomic E-state index is -0.0854. The number of carbonyl (C=O) groups is 1. The lowest BCUT2D eigenvalue weighted by atomic mass is 9.83. The maximum atomic E-state index is 11.7. The second-order valence-electron chi connectivity index (χ2n) is 5.75. The predicted molar refractivity (Wildman–Crippen MR) is 70.0 cm³/mol. The topological polar surface area (TPSA) is 55.1 Å². The van der Waals surface area contributed by atoms with Gasteiger partial charge in [-0.3, -0.25) is 4.79 Å². The summed E-state index contributed by atoms with van der Waals surface area (Å²) in [4.78, 5) is 11.7. The Morgan fingerprint density at radius 2 is 2.12 bits per heavy atom. The van der Waals surface area contributed by atoms with Crippen LogP contribution < -0.4 is 11.1 Å². The number of hydrogen-bond acceptors (Lipinski definition) is 2. The number of nitrogens with two attached hydrogens (primary N) is 1. The molecule has 0 spiro atoms. The van der Waals surface area contributed by atoms with Gasteiger partial charge in [0.1, 0.15) is 0 Å². The van der Waals surface area contributed by atoms with E-state index in [0.717, 1.165) is 12.1 Å². The molecule has 17 heavy (non-hydrogen) atoms. The van der Waals surface area contributed by atoms with Gasteiger partial charge in [0.2, 0.25) is 5.91 Å². The first-order valence-corrected chi connectivity index (χ1v) is 6.06. The molecule has 0 aromatic heterocycles. The normalized spacial score (nSPS) is 19.8. The first-order valence-electron chi connectivity index (χ1n) is 6.06. The van der Waals surface area contributed by atoms with E-state index in [1.165, 1.54) is 11.1 Å². The first kappa shape index (κ1) is 12.1. The number of fused-ring (bicyclic) bond motifs is 1. The van der Waals surface area contributed by atoms with Gasteiger partial charge in [-0.2, -0.15) is 0 Å². The van der Waals surface area contributed by atoms with E-state index in [-0.39, 0.29) is 17.2 Å². The molecule has 1 unspecified atom stereocenters. The average Bonchev–Trinajstić information content (AvgIpc) is 2.26. The zero-order valence-corrected chi connectivity index (χ0v) is 10.7. The van der Waals surface area contributed by atoms with Crippen molar-refractivity contribution in [1.29, 1.82) is 0 Å². The van der Waals surface area contributed by atoms with Crippen LogP contribution in [-0.2, 0) is 16.6 Å². The highest BCUT2D eigenvalue weighted by molar-refractivity contribution is 5.95. The zero-order valence-electron chi connectivity index (χ0n) is 10.7. The fourth-order valence-electron chi connectivity index (χ4n) is 2.13. The van der Waals surface area contributed by atoms with Crippen LogP contribution >= 0.6 is 0 Å². The van der Waals surface area contributed by atoms with Crippen LogP contribution in [0.5, 0.6) is 0 Å². The van der Waals surface area contributed by atoms with Crippen molar-refractivity contribution in [2.24, 2.45) is 11.7 Å². The highest BCUT2D eigenvalue weighted by atomic mass is 16.1. The lowest BCUT2D eigenvalue weighted by molar-refractivity contribution is -0.119. The van der Waals surface area contributed by atoms with Crippen molar-refractivity contribution in [3.63, 3.8) is 0 Å². The third kappa shape index (κ3) is 2.34. The van der Waals surface area contributed by atoms with E-state index in [4.69, 9.17) is 5.73 Å². The van der Waals surface area contributed by atoms with E-state index in [0.29, 0.717) is 6.54 Å². The molecule has 1 aliphatic rings. The van der Waals surface area contributed by atoms with Gasteiger partial charge in [0, 0.05) is 12.2 Å². The van der Waals surface area contributed by atoms with Gasteiger partial charge in [-0.15, -0.1) is 0 Å². The monoisotopic (exact) mass is 232 g/mol. The van der Waals surface area contributed by atoms with Gasteiger partial charge in [0.25, 0.3) is 0 Å². The standard InChI is InChI=1S/C14H20N2O/c1-14(2,3)11-4-5-12-9(7-11)6-10(8-15)13(17)16-12/h4-5,7,10H,6,8,15H2,1-3H3,(H,16,17). The number of benzene rings is 1. The second-order valence-corrected chi connectivity index (χ2v) is 5.75. The minimum absolute atomic E-state index is 0.0449. The fraction of sp³-hybridized carbons (Fsp3) is 0.500. The number of amides is 1. The molecule has 0 aliphatic carbocycles. The molecular weight excluding hydrogens is 212 g/mol. The van der Waals surface area contributed by atoms with E-state index in [2.05, 4.69) is 38.2 Å². The molecule has 0 saturated carbocycles. The number of hydrogen-bond donors (Lipinski definition) is 2. The molecule has 1 aromatic carbocycles. The lowest BCUT2D eigenvalue weighted by Crippen LogP contribution is -2.35. The van der Waals surface area contributed by atoms with Crippen molar-refractivity contribution in [3.8, 4) is 0 Å². The molecule has 3 N–H and O–H groups in total. The van der Waals surface area contributed by atoms with E-state index in [1.54, 1.807) is 0 Å². The molecule has 1 atom stereocenters. The van der Waals surface area contributed by atoms with Crippen molar-refractivity contribution in [1.82, 2.24) is 0 Å². The molecule has 1 aromatic rings. The SMILES string of the molecule is CC(C)(C)c1ccc2c(c1)CC(CN)C(=O)N2. The van der Waals surface area contributed by atoms with Crippen molar-refractivity contribution in [3.05, 3.63) is 29.3 Å². The fourth-order valence-corrected chi connectivity index (χ4v) is 2.13. The molecule has 0 fully saturated rings. The molecule has 3 nitrogen and oxygen atoms in total. The average molecular weight is 232 g/mol. The smallest absolute Gasteiger partial charge is 0.229 e. The van der Waals surface area contributed by atoms with Crippen LogP contribution in [-0.4, -0.2) is 12.5 Å². The van der Waals surface area contributed by atoms with Gasteiger partial charge in [-0.1, -0.05) is 32.9 Å². The summed E-state index contributed by atoms with van der Waals surface area (Å²) in [5, 5.41) is 2.92. The third-order valence-corrected chi connectivity index (χ3v) is 3.35. The lowest BCUT2D eigenvalue weighted by Gasteiger charge is -2.26. The Morgan fingerprint density at radius 1 is 1.41 bits per heavy atom. The molecule has 3 heteroatoms. The van der Waals surface area contributed by atoms with Crippen molar-refractivity contribution in [2.75, 3.05) is 11.9 Å². The summed E-state index contributed by atoms with van der Waals surface area (Å²) < 4.78 is 0. The Balaban J connectivity index is 2.37. The van der Waals surface area contributed by atoms with Crippen molar-refractivity contribution >= 4 is 11.6 Å². The predicted octanol–water partition coefficient (Wildman–Crippen LogP) is 2.05. The largest absolute Gasteiger partial charge is 0.330 e. The minimum Gasteiger partial charge on any atom is -0.330 e. The molecule has 92 valence electrons. The Hall–Kier alpha value is -1.35. The maximum Gasteiger partial charge on any atom is 0.229 e. The van der Waals surface area contributed by atoms with Crippen molar-refractivity contribution < 1.29 is 4.79 Å². The van der Waals surface area contributed by atoms with Gasteiger partial charge in [-0.05, 0) is 29.0 Å². The van der Waals surface area contributed by atoms with E-state index < -0.39 is 0 Å². The van der Waals surface area contributed by atoms with Crippen LogP contribution in [0.3, 0.4) is 0 Å². The van der Waals surface area contributed by atoms with Crippen LogP contribution in [0.25, 0.3) is 0 Å². The van der Waals surface area contributed by atoms with Crippen LogP contribution in [0.2, 0.25) is 0 Å². The molecular formula is C14H20N2O. The van der Waals surface area contributed by atoms with Crippen LogP contribution in [0, 0.1) is 5.92 Å². The maximum absolute atomic E-state index is 11.7. The Morgan fingerprint density at radius 3 is 2.71 bits per heavy atom. The van der Waals surface area contributed by atoms with Gasteiger partial charge in [0.05, 0.1) is 5.92 Å².